The van der Waals surface area contributed by atoms with Crippen LogP contribution in [0.5, 0.6) is 0 Å². The van der Waals surface area contributed by atoms with Gasteiger partial charge in [-0.05, 0) is 68.5 Å². The lowest BCUT2D eigenvalue weighted by Gasteiger charge is -2.17. The summed E-state index contributed by atoms with van der Waals surface area (Å²) in [6.45, 7) is 8.02. The average molecular weight is 425 g/mol. The van der Waals surface area contributed by atoms with Gasteiger partial charge in [-0.1, -0.05) is 25.2 Å². The lowest BCUT2D eigenvalue weighted by atomic mass is 10.2. The third-order valence-electron chi connectivity index (χ3n) is 5.33. The molecule has 0 bridgehead atoms. The van der Waals surface area contributed by atoms with Crippen LogP contribution in [0, 0.1) is 5.82 Å². The van der Waals surface area contributed by atoms with E-state index in [0.29, 0.717) is 12.1 Å². The maximum absolute atomic E-state index is 13.2. The molecule has 2 aromatic carbocycles. The van der Waals surface area contributed by atoms with Gasteiger partial charge in [-0.15, -0.1) is 0 Å². The van der Waals surface area contributed by atoms with Crippen molar-refractivity contribution < 1.29 is 9.18 Å². The Bertz CT molecular complexity index is 1160. The zero-order chi connectivity index (χ0) is 21.1. The van der Waals surface area contributed by atoms with Crippen LogP contribution in [0.1, 0.15) is 30.6 Å². The van der Waals surface area contributed by atoms with Gasteiger partial charge in [-0.3, -0.25) is 9.20 Å². The van der Waals surface area contributed by atoms with Gasteiger partial charge in [0.05, 0.1) is 15.9 Å². The molecule has 0 saturated heterocycles. The normalized spacial score (nSPS) is 11.6. The van der Waals surface area contributed by atoms with E-state index >= 15 is 0 Å². The molecule has 0 spiro atoms. The van der Waals surface area contributed by atoms with Crippen molar-refractivity contribution in [1.29, 1.82) is 0 Å². The number of halogens is 1. The van der Waals surface area contributed by atoms with Crippen LogP contribution in [0.3, 0.4) is 0 Å². The zero-order valence-electron chi connectivity index (χ0n) is 17.2. The summed E-state index contributed by atoms with van der Waals surface area (Å²) in [5, 5.41) is 3.02. The third-order valence-corrected chi connectivity index (χ3v) is 6.34. The van der Waals surface area contributed by atoms with Crippen molar-refractivity contribution in [3.05, 3.63) is 60.0 Å². The van der Waals surface area contributed by atoms with Crippen LogP contribution in [0.25, 0.3) is 26.4 Å². The van der Waals surface area contributed by atoms with Gasteiger partial charge in [0.1, 0.15) is 5.82 Å². The quantitative estimate of drug-likeness (QED) is 0.413. The van der Waals surface area contributed by atoms with Gasteiger partial charge in [-0.2, -0.15) is 0 Å². The van der Waals surface area contributed by atoms with Crippen LogP contribution in [0.2, 0.25) is 0 Å². The van der Waals surface area contributed by atoms with Crippen LogP contribution in [0.4, 0.5) is 4.39 Å². The molecular formula is C23H25FN4OS. The fraction of sp³-hybridized carbons (Fsp3) is 0.304. The molecule has 4 rings (SSSR count). The van der Waals surface area contributed by atoms with E-state index < -0.39 is 0 Å². The van der Waals surface area contributed by atoms with E-state index in [-0.39, 0.29) is 11.7 Å². The Hall–Kier alpha value is -2.77. The first-order valence-corrected chi connectivity index (χ1v) is 11.1. The van der Waals surface area contributed by atoms with Crippen molar-refractivity contribution in [3.63, 3.8) is 0 Å². The molecule has 1 amide bonds. The molecule has 7 heteroatoms. The second kappa shape index (κ2) is 8.93. The van der Waals surface area contributed by atoms with Crippen LogP contribution in [-0.2, 0) is 0 Å². The topological polar surface area (TPSA) is 49.6 Å². The maximum Gasteiger partial charge on any atom is 0.251 e. The summed E-state index contributed by atoms with van der Waals surface area (Å²) < 4.78 is 16.2. The summed E-state index contributed by atoms with van der Waals surface area (Å²) in [6.07, 6.45) is 2.89. The molecule has 0 saturated carbocycles. The Labute approximate surface area is 179 Å². The van der Waals surface area contributed by atoms with Crippen LogP contribution in [0.15, 0.2) is 48.7 Å². The fourth-order valence-electron chi connectivity index (χ4n) is 3.55. The summed E-state index contributed by atoms with van der Waals surface area (Å²) in [5.41, 5.74) is 3.35. The molecule has 0 unspecified atom stereocenters. The number of carbonyl (C=O) groups excluding carboxylic acids is 1. The van der Waals surface area contributed by atoms with Gasteiger partial charge in [0.15, 0.2) is 4.96 Å². The highest BCUT2D eigenvalue weighted by atomic mass is 32.1. The molecule has 4 aromatic rings. The highest BCUT2D eigenvalue weighted by molar-refractivity contribution is 7.23. The number of nitrogens with one attached hydrogen (secondary N) is 1. The molecule has 0 fully saturated rings. The van der Waals surface area contributed by atoms with E-state index in [0.717, 1.165) is 52.5 Å². The van der Waals surface area contributed by atoms with Crippen molar-refractivity contribution in [3.8, 4) is 11.3 Å². The number of carbonyl (C=O) groups is 1. The first-order chi connectivity index (χ1) is 14.6. The van der Waals surface area contributed by atoms with Gasteiger partial charge in [0, 0.05) is 23.9 Å². The largest absolute Gasteiger partial charge is 0.352 e. The number of fused-ring (bicyclic) bond motifs is 3. The Morgan fingerprint density at radius 1 is 1.17 bits per heavy atom. The van der Waals surface area contributed by atoms with Crippen molar-refractivity contribution in [2.45, 2.75) is 20.3 Å². The highest BCUT2D eigenvalue weighted by Crippen LogP contribution is 2.30. The van der Waals surface area contributed by atoms with E-state index in [2.05, 4.69) is 29.0 Å². The van der Waals surface area contributed by atoms with Gasteiger partial charge in [0.2, 0.25) is 0 Å². The summed E-state index contributed by atoms with van der Waals surface area (Å²) in [5.74, 6) is -0.307. The number of amides is 1. The number of imidazole rings is 1. The second-order valence-electron chi connectivity index (χ2n) is 7.21. The van der Waals surface area contributed by atoms with Crippen molar-refractivity contribution in [1.82, 2.24) is 19.6 Å². The van der Waals surface area contributed by atoms with Crippen LogP contribution in [-0.4, -0.2) is 46.4 Å². The number of aromatic nitrogens is 2. The Morgan fingerprint density at radius 2 is 1.93 bits per heavy atom. The Kier molecular flexibility index (Phi) is 6.11. The van der Waals surface area contributed by atoms with Crippen molar-refractivity contribution >= 4 is 32.4 Å². The Morgan fingerprint density at radius 3 is 2.67 bits per heavy atom. The molecule has 0 radical (unpaired) electrons. The lowest BCUT2D eigenvalue weighted by molar-refractivity contribution is 0.0952. The van der Waals surface area contributed by atoms with Gasteiger partial charge in [-0.25, -0.2) is 9.37 Å². The Balaban J connectivity index is 1.48. The predicted molar refractivity (Wildman–Crippen MR) is 121 cm³/mol. The minimum atomic E-state index is -0.260. The molecule has 156 valence electrons. The summed E-state index contributed by atoms with van der Waals surface area (Å²) in [7, 11) is 0. The molecule has 0 aliphatic heterocycles. The van der Waals surface area contributed by atoms with Crippen LogP contribution < -0.4 is 5.32 Å². The van der Waals surface area contributed by atoms with E-state index in [1.807, 2.05) is 28.8 Å². The summed E-state index contributed by atoms with van der Waals surface area (Å²) in [4.78, 5) is 20.4. The second-order valence-corrected chi connectivity index (χ2v) is 8.22. The molecule has 5 nitrogen and oxygen atoms in total. The van der Waals surface area contributed by atoms with E-state index in [9.17, 15) is 9.18 Å². The third kappa shape index (κ3) is 4.22. The fourth-order valence-corrected chi connectivity index (χ4v) is 4.60. The molecule has 2 aromatic heterocycles. The number of rotatable bonds is 8. The number of hydrogen-bond donors (Lipinski definition) is 1. The standard InChI is InChI=1S/C23H25FN4OS/c1-3-27(4-2)13-5-12-25-22(29)17-8-11-20-21(14-17)30-23-26-19(15-28(20)23)16-6-9-18(24)10-7-16/h6-11,14-15H,3-5,12-13H2,1-2H3,(H,25,29). The van der Waals surface area contributed by atoms with E-state index in [4.69, 9.17) is 0 Å². The SMILES string of the molecule is CCN(CC)CCCNC(=O)c1ccc2c(c1)sc1nc(-c3ccc(F)cc3)cn12. The van der Waals surface area contributed by atoms with Crippen LogP contribution >= 0.6 is 11.3 Å². The summed E-state index contributed by atoms with van der Waals surface area (Å²) >= 11 is 1.54. The molecule has 0 atom stereocenters. The van der Waals surface area contributed by atoms with Gasteiger partial charge >= 0.3 is 0 Å². The molecule has 2 heterocycles. The van der Waals surface area contributed by atoms with Crippen molar-refractivity contribution in [2.75, 3.05) is 26.2 Å². The number of nitrogens with zero attached hydrogens (tertiary/aromatic N) is 3. The zero-order valence-corrected chi connectivity index (χ0v) is 18.0. The first-order valence-electron chi connectivity index (χ1n) is 10.3. The molecule has 30 heavy (non-hydrogen) atoms. The van der Waals surface area contributed by atoms with Crippen molar-refractivity contribution in [2.24, 2.45) is 0 Å². The minimum absolute atomic E-state index is 0.0468. The summed E-state index contributed by atoms with van der Waals surface area (Å²) in [6, 6.07) is 12.1. The molecule has 0 aliphatic rings. The molecule has 1 N–H and O–H groups in total. The minimum Gasteiger partial charge on any atom is -0.352 e. The number of hydrogen-bond acceptors (Lipinski definition) is 4. The number of benzene rings is 2. The van der Waals surface area contributed by atoms with Gasteiger partial charge < -0.3 is 10.2 Å². The maximum atomic E-state index is 13.2. The molecule has 0 aliphatic carbocycles. The highest BCUT2D eigenvalue weighted by Gasteiger charge is 2.13. The molecular weight excluding hydrogens is 399 g/mol. The first kappa shape index (κ1) is 20.5. The monoisotopic (exact) mass is 424 g/mol. The predicted octanol–water partition coefficient (Wildman–Crippen LogP) is 4.82. The smallest absolute Gasteiger partial charge is 0.251 e. The van der Waals surface area contributed by atoms with E-state index in [1.165, 1.54) is 12.1 Å². The van der Waals surface area contributed by atoms with Gasteiger partial charge in [0.25, 0.3) is 5.91 Å². The van der Waals surface area contributed by atoms with E-state index in [1.54, 1.807) is 23.5 Å². The number of thiazole rings is 1. The average Bonchev–Trinajstić information content (AvgIpc) is 3.31. The lowest BCUT2D eigenvalue weighted by Crippen LogP contribution is -2.29.